The van der Waals surface area contributed by atoms with Crippen LogP contribution in [0.15, 0.2) is 18.2 Å². The number of morpholine rings is 1. The molecule has 3 saturated heterocycles. The van der Waals surface area contributed by atoms with Gasteiger partial charge in [0.05, 0.1) is 18.8 Å². The molecule has 7 heteroatoms. The SMILES string of the molecule is CC1CCN(c2cc(C3CCN(C(=O)N4CCOCC4)CC3)ccc2C(N)=O)CC1. The number of piperidine rings is 2. The van der Waals surface area contributed by atoms with E-state index in [1.807, 2.05) is 15.9 Å². The number of carbonyl (C=O) groups excluding carboxylic acids is 2. The fourth-order valence-electron chi connectivity index (χ4n) is 4.88. The summed E-state index contributed by atoms with van der Waals surface area (Å²) in [5.74, 6) is 0.777. The van der Waals surface area contributed by atoms with Gasteiger partial charge < -0.3 is 25.2 Å². The lowest BCUT2D eigenvalue weighted by atomic mass is 9.88. The Bertz CT molecular complexity index is 762. The Morgan fingerprint density at radius 1 is 0.933 bits per heavy atom. The second-order valence-corrected chi connectivity index (χ2v) is 8.95. The maximum atomic E-state index is 12.7. The fraction of sp³-hybridized carbons (Fsp3) is 0.652. The number of nitrogens with zero attached hydrogens (tertiary/aromatic N) is 3. The zero-order chi connectivity index (χ0) is 21.1. The van der Waals surface area contributed by atoms with Gasteiger partial charge in [-0.3, -0.25) is 4.79 Å². The summed E-state index contributed by atoms with van der Waals surface area (Å²) in [4.78, 5) is 31.0. The molecule has 164 valence electrons. The number of amides is 3. The van der Waals surface area contributed by atoms with Crippen molar-refractivity contribution in [3.63, 3.8) is 0 Å². The van der Waals surface area contributed by atoms with E-state index in [0.29, 0.717) is 37.8 Å². The summed E-state index contributed by atoms with van der Waals surface area (Å²) in [6, 6.07) is 6.28. The highest BCUT2D eigenvalue weighted by atomic mass is 16.5. The molecule has 4 rings (SSSR count). The number of hydrogen-bond acceptors (Lipinski definition) is 4. The number of nitrogens with two attached hydrogens (primary N) is 1. The summed E-state index contributed by atoms with van der Waals surface area (Å²) in [5, 5.41) is 0. The van der Waals surface area contributed by atoms with E-state index < -0.39 is 0 Å². The van der Waals surface area contributed by atoms with Crippen molar-refractivity contribution in [2.75, 3.05) is 57.4 Å². The summed E-state index contributed by atoms with van der Waals surface area (Å²) < 4.78 is 5.36. The van der Waals surface area contributed by atoms with E-state index in [4.69, 9.17) is 10.5 Å². The molecule has 0 spiro atoms. The number of anilines is 1. The van der Waals surface area contributed by atoms with Gasteiger partial charge >= 0.3 is 6.03 Å². The highest BCUT2D eigenvalue weighted by Gasteiger charge is 2.29. The van der Waals surface area contributed by atoms with Crippen molar-refractivity contribution < 1.29 is 14.3 Å². The van der Waals surface area contributed by atoms with E-state index in [9.17, 15) is 9.59 Å². The number of likely N-dealkylation sites (tertiary alicyclic amines) is 1. The summed E-state index contributed by atoms with van der Waals surface area (Å²) in [5.41, 5.74) is 8.54. The quantitative estimate of drug-likeness (QED) is 0.825. The van der Waals surface area contributed by atoms with Crippen LogP contribution in [0.2, 0.25) is 0 Å². The van der Waals surface area contributed by atoms with Crippen LogP contribution >= 0.6 is 0 Å². The Morgan fingerprint density at radius 2 is 1.57 bits per heavy atom. The zero-order valence-corrected chi connectivity index (χ0v) is 18.0. The molecule has 3 aliphatic rings. The average Bonchev–Trinajstić information content (AvgIpc) is 2.79. The Kier molecular flexibility index (Phi) is 6.46. The maximum absolute atomic E-state index is 12.7. The van der Waals surface area contributed by atoms with Crippen LogP contribution in [0.5, 0.6) is 0 Å². The van der Waals surface area contributed by atoms with Crippen LogP contribution in [0, 0.1) is 5.92 Å². The van der Waals surface area contributed by atoms with Crippen molar-refractivity contribution in [2.45, 2.75) is 38.5 Å². The topological polar surface area (TPSA) is 79.1 Å². The molecule has 0 bridgehead atoms. The lowest BCUT2D eigenvalue weighted by Crippen LogP contribution is -2.50. The molecule has 0 unspecified atom stereocenters. The Labute approximate surface area is 179 Å². The second-order valence-electron chi connectivity index (χ2n) is 8.95. The summed E-state index contributed by atoms with van der Waals surface area (Å²) in [7, 11) is 0. The second kappa shape index (κ2) is 9.25. The van der Waals surface area contributed by atoms with E-state index in [2.05, 4.69) is 24.0 Å². The Hall–Kier alpha value is -2.28. The van der Waals surface area contributed by atoms with Gasteiger partial charge in [0.15, 0.2) is 0 Å². The van der Waals surface area contributed by atoms with E-state index in [0.717, 1.165) is 63.5 Å². The van der Waals surface area contributed by atoms with Crippen molar-refractivity contribution in [3.8, 4) is 0 Å². The normalized spacial score (nSPS) is 21.7. The lowest BCUT2D eigenvalue weighted by molar-refractivity contribution is 0.0411. The van der Waals surface area contributed by atoms with Gasteiger partial charge in [-0.2, -0.15) is 0 Å². The molecule has 7 nitrogen and oxygen atoms in total. The van der Waals surface area contributed by atoms with E-state index in [1.54, 1.807) is 0 Å². The van der Waals surface area contributed by atoms with Crippen molar-refractivity contribution in [2.24, 2.45) is 11.7 Å². The largest absolute Gasteiger partial charge is 0.378 e. The van der Waals surface area contributed by atoms with Crippen LogP contribution in [0.25, 0.3) is 0 Å². The van der Waals surface area contributed by atoms with Gasteiger partial charge in [0.2, 0.25) is 0 Å². The maximum Gasteiger partial charge on any atom is 0.320 e. The van der Waals surface area contributed by atoms with Gasteiger partial charge in [-0.1, -0.05) is 13.0 Å². The molecule has 3 fully saturated rings. The molecule has 30 heavy (non-hydrogen) atoms. The van der Waals surface area contributed by atoms with Gasteiger partial charge in [0.25, 0.3) is 5.91 Å². The molecule has 0 aromatic heterocycles. The third-order valence-electron chi connectivity index (χ3n) is 6.93. The van der Waals surface area contributed by atoms with Crippen LogP contribution in [-0.4, -0.2) is 74.2 Å². The highest BCUT2D eigenvalue weighted by Crippen LogP contribution is 2.34. The smallest absolute Gasteiger partial charge is 0.320 e. The van der Waals surface area contributed by atoms with E-state index >= 15 is 0 Å². The number of primary amides is 1. The van der Waals surface area contributed by atoms with Gasteiger partial charge in [-0.15, -0.1) is 0 Å². The van der Waals surface area contributed by atoms with Crippen molar-refractivity contribution in [1.82, 2.24) is 9.80 Å². The summed E-state index contributed by atoms with van der Waals surface area (Å²) in [6.07, 6.45) is 4.18. The minimum absolute atomic E-state index is 0.143. The molecule has 3 aliphatic heterocycles. The van der Waals surface area contributed by atoms with E-state index in [-0.39, 0.29) is 11.9 Å². The van der Waals surface area contributed by atoms with Crippen LogP contribution in [0.3, 0.4) is 0 Å². The number of benzene rings is 1. The standard InChI is InChI=1S/C23H34N4O3/c1-17-4-8-25(9-5-17)21-16-19(2-3-20(21)22(24)28)18-6-10-26(11-7-18)23(29)27-12-14-30-15-13-27/h2-3,16-18H,4-15H2,1H3,(H2,24,28). The fourth-order valence-corrected chi connectivity index (χ4v) is 4.88. The van der Waals surface area contributed by atoms with Crippen molar-refractivity contribution in [3.05, 3.63) is 29.3 Å². The number of ether oxygens (including phenoxy) is 1. The molecule has 0 saturated carbocycles. The summed E-state index contributed by atoms with van der Waals surface area (Å²) >= 11 is 0. The first-order chi connectivity index (χ1) is 14.5. The van der Waals surface area contributed by atoms with Gasteiger partial charge in [-0.25, -0.2) is 4.79 Å². The van der Waals surface area contributed by atoms with Crippen LogP contribution in [-0.2, 0) is 4.74 Å². The zero-order valence-electron chi connectivity index (χ0n) is 18.0. The number of hydrogen-bond donors (Lipinski definition) is 1. The molecular weight excluding hydrogens is 380 g/mol. The minimum atomic E-state index is -0.360. The Morgan fingerprint density at radius 3 is 2.20 bits per heavy atom. The molecule has 2 N–H and O–H groups in total. The molecule has 0 atom stereocenters. The lowest BCUT2D eigenvalue weighted by Gasteiger charge is -2.37. The monoisotopic (exact) mass is 414 g/mol. The predicted octanol–water partition coefficient (Wildman–Crippen LogP) is 2.65. The first-order valence-electron chi connectivity index (χ1n) is 11.3. The van der Waals surface area contributed by atoms with Gasteiger partial charge in [0, 0.05) is 45.0 Å². The molecule has 1 aromatic rings. The van der Waals surface area contributed by atoms with Crippen LogP contribution in [0.4, 0.5) is 10.5 Å². The van der Waals surface area contributed by atoms with E-state index in [1.165, 1.54) is 5.56 Å². The van der Waals surface area contributed by atoms with Gasteiger partial charge in [-0.05, 0) is 55.2 Å². The third kappa shape index (κ3) is 4.56. The molecule has 0 aliphatic carbocycles. The number of carbonyl (C=O) groups is 2. The molecule has 1 aromatic carbocycles. The van der Waals surface area contributed by atoms with Gasteiger partial charge in [0.1, 0.15) is 0 Å². The number of urea groups is 1. The highest BCUT2D eigenvalue weighted by molar-refractivity contribution is 5.98. The summed E-state index contributed by atoms with van der Waals surface area (Å²) in [6.45, 7) is 8.41. The third-order valence-corrected chi connectivity index (χ3v) is 6.93. The minimum Gasteiger partial charge on any atom is -0.378 e. The first kappa shape index (κ1) is 21.0. The van der Waals surface area contributed by atoms with Crippen molar-refractivity contribution in [1.29, 1.82) is 0 Å². The molecular formula is C23H34N4O3. The van der Waals surface area contributed by atoms with Crippen molar-refractivity contribution >= 4 is 17.6 Å². The van der Waals surface area contributed by atoms with Crippen LogP contribution in [0.1, 0.15) is 54.4 Å². The Balaban J connectivity index is 1.43. The first-order valence-corrected chi connectivity index (χ1v) is 11.3. The number of rotatable bonds is 3. The average molecular weight is 415 g/mol. The predicted molar refractivity (Wildman–Crippen MR) is 117 cm³/mol. The van der Waals surface area contributed by atoms with Crippen LogP contribution < -0.4 is 10.6 Å². The molecule has 3 amide bonds. The molecule has 0 radical (unpaired) electrons. The molecule has 3 heterocycles.